The fourth-order valence-electron chi connectivity index (χ4n) is 13.8. The molecule has 4 bridgehead atoms. The minimum absolute atomic E-state index is 0.159. The summed E-state index contributed by atoms with van der Waals surface area (Å²) in [4.78, 5) is 28.1. The largest absolute Gasteiger partial charge is 0.487 e. The third-order valence-electron chi connectivity index (χ3n) is 17.9. The molecule has 0 saturated carbocycles. The van der Waals surface area contributed by atoms with Crippen molar-refractivity contribution in [2.24, 2.45) is 0 Å². The molecule has 0 amide bonds. The van der Waals surface area contributed by atoms with Crippen molar-refractivity contribution in [1.82, 2.24) is 0 Å². The van der Waals surface area contributed by atoms with Gasteiger partial charge in [-0.1, -0.05) is 24.3 Å². The van der Waals surface area contributed by atoms with Gasteiger partial charge in [0.1, 0.15) is 52.9 Å². The van der Waals surface area contributed by atoms with E-state index in [0.717, 1.165) is 44.5 Å². The zero-order chi connectivity index (χ0) is 58.2. The van der Waals surface area contributed by atoms with Gasteiger partial charge in [0.05, 0.1) is 128 Å². The summed E-state index contributed by atoms with van der Waals surface area (Å²) in [6, 6.07) is 24.8. The van der Waals surface area contributed by atoms with Crippen molar-refractivity contribution in [3.63, 3.8) is 0 Å². The third kappa shape index (κ3) is 10.0. The predicted octanol–water partition coefficient (Wildman–Crippen LogP) is 7.25. The maximum atomic E-state index is 14.1. The van der Waals surface area contributed by atoms with Crippen LogP contribution in [0.15, 0.2) is 83.9 Å². The Bertz CT molecular complexity index is 3010. The van der Waals surface area contributed by atoms with Crippen LogP contribution in [0.2, 0.25) is 0 Å². The van der Waals surface area contributed by atoms with Crippen molar-refractivity contribution in [2.75, 3.05) is 159 Å². The lowest BCUT2D eigenvalue weighted by atomic mass is 9.48. The average molecular weight is 1170 g/mol. The molecule has 0 unspecified atom stereocenters. The van der Waals surface area contributed by atoms with E-state index in [9.17, 15) is 9.59 Å². The molecule has 19 heteroatoms. The first-order valence-corrected chi connectivity index (χ1v) is 29.6. The van der Waals surface area contributed by atoms with Crippen LogP contribution in [0.25, 0.3) is 0 Å². The highest BCUT2D eigenvalue weighted by Crippen LogP contribution is 2.67. The Balaban J connectivity index is 0.887. The Morgan fingerprint density at radius 1 is 0.247 bits per heavy atom. The molecule has 19 nitrogen and oxygen atoms in total. The molecule has 0 saturated heterocycles. The van der Waals surface area contributed by atoms with Gasteiger partial charge in [0.25, 0.3) is 0 Å². The van der Waals surface area contributed by atoms with E-state index in [0.29, 0.717) is 98.9 Å². The summed E-state index contributed by atoms with van der Waals surface area (Å²) in [7, 11) is 0. The summed E-state index contributed by atoms with van der Waals surface area (Å²) in [6.45, 7) is 14.5. The van der Waals surface area contributed by atoms with E-state index in [2.05, 4.69) is 62.4 Å². The second kappa shape index (κ2) is 24.1. The van der Waals surface area contributed by atoms with Gasteiger partial charge >= 0.3 is 11.9 Å². The van der Waals surface area contributed by atoms with Crippen LogP contribution in [0.4, 0.5) is 0 Å². The number of hydrogen-bond acceptors (Lipinski definition) is 19. The van der Waals surface area contributed by atoms with Gasteiger partial charge in [0.15, 0.2) is 46.0 Å². The number of rotatable bonds is 0. The highest BCUT2D eigenvalue weighted by Gasteiger charge is 2.64. The van der Waals surface area contributed by atoms with Gasteiger partial charge in [0, 0.05) is 10.8 Å². The topological polar surface area (TPSA) is 191 Å². The summed E-state index contributed by atoms with van der Waals surface area (Å²) in [5.74, 6) is 2.61. The average Bonchev–Trinajstić information content (AvgIpc) is 1.61. The Kier molecular flexibility index (Phi) is 16.2. The summed E-state index contributed by atoms with van der Waals surface area (Å²) in [5, 5.41) is 0. The first-order chi connectivity index (χ1) is 41.5. The Morgan fingerprint density at radius 2 is 0.424 bits per heavy atom. The molecular formula is C66H72O19. The van der Waals surface area contributed by atoms with Crippen LogP contribution in [-0.2, 0) is 73.9 Å². The summed E-state index contributed by atoms with van der Waals surface area (Å²) in [5.41, 5.74) is 6.46. The van der Waals surface area contributed by atoms with E-state index in [4.69, 9.17) is 80.5 Å². The molecule has 0 atom stereocenters. The number of cyclic esters (lactones) is 2. The van der Waals surface area contributed by atoms with E-state index in [1.807, 2.05) is 38.1 Å². The number of fused-ring (bicyclic) bond motifs is 4. The molecule has 3 aliphatic heterocycles. The van der Waals surface area contributed by atoms with Crippen molar-refractivity contribution in [3.05, 3.63) is 140 Å². The van der Waals surface area contributed by atoms with Crippen molar-refractivity contribution in [3.8, 4) is 46.0 Å². The van der Waals surface area contributed by atoms with E-state index in [-0.39, 0.29) is 117 Å². The molecule has 0 radical (unpaired) electrons. The van der Waals surface area contributed by atoms with Crippen LogP contribution >= 0.6 is 0 Å². The minimum atomic E-state index is -1.22. The third-order valence-corrected chi connectivity index (χ3v) is 17.9. The summed E-state index contributed by atoms with van der Waals surface area (Å²) < 4.78 is 107. The van der Waals surface area contributed by atoms with Crippen LogP contribution in [0.5, 0.6) is 46.0 Å². The molecule has 85 heavy (non-hydrogen) atoms. The summed E-state index contributed by atoms with van der Waals surface area (Å²) in [6.07, 6.45) is 0. The number of carbonyl (C=O) groups excluding carboxylic acids is 2. The molecular weight excluding hydrogens is 1100 g/mol. The van der Waals surface area contributed by atoms with Crippen LogP contribution < -0.4 is 37.9 Å². The summed E-state index contributed by atoms with van der Waals surface area (Å²) >= 11 is 0. The second-order valence-corrected chi connectivity index (χ2v) is 22.5. The molecule has 9 aliphatic rings. The SMILES string of the molecule is CC12C3=C(C(=O)OC3=O)C3(C)c4cc5c(cc41)OCCOCCOCCOc1cc4c(cc1OCCOCCOCCO5)C1(C)c5ccccc5C4(C)c4cc5c(cc41)OCCOCCOCCOc1cc3c2cc1OCCOCCOCCO5. The van der Waals surface area contributed by atoms with Gasteiger partial charge in [-0.05, 0) is 132 Å². The normalized spacial score (nSPS) is 26.6. The lowest BCUT2D eigenvalue weighted by Crippen LogP contribution is -2.49. The van der Waals surface area contributed by atoms with Gasteiger partial charge in [-0.15, -0.1) is 0 Å². The predicted molar refractivity (Wildman–Crippen MR) is 305 cm³/mol. The van der Waals surface area contributed by atoms with E-state index >= 15 is 0 Å². The van der Waals surface area contributed by atoms with Crippen LogP contribution in [0.3, 0.4) is 0 Å². The number of benzene rings is 5. The van der Waals surface area contributed by atoms with E-state index in [1.165, 1.54) is 11.1 Å². The Labute approximate surface area is 493 Å². The number of carbonyl (C=O) groups is 2. The molecule has 14 rings (SSSR count). The first kappa shape index (κ1) is 57.2. The standard InChI is InChI=1S/C66H72O19/c1-63-41-7-5-6-8-42(41)64(2)45-35-53-51(33-43(45)63)77-25-17-69-9-13-73-21-29-81-55-37-47-49(39-57(55)83-31-23-75-15-11-71-19-27-79-53)66(4)50-40-58-56(38-48(50)65(47,3)59-60(66)62(68)85-61(59)67)82-30-22-74-14-10-70-18-26-78-52-34-44(63)46(64)36-54(52)80-28-20-72-12-16-76-24-32-84-58/h5-8,33-40H,9-32H2,1-4H3. The number of hydrogen-bond donors (Lipinski definition) is 0. The molecule has 3 heterocycles. The highest BCUT2D eigenvalue weighted by molar-refractivity contribution is 6.18. The van der Waals surface area contributed by atoms with Crippen molar-refractivity contribution in [1.29, 1.82) is 0 Å². The van der Waals surface area contributed by atoms with E-state index < -0.39 is 33.6 Å². The van der Waals surface area contributed by atoms with Gasteiger partial charge < -0.3 is 80.5 Å². The van der Waals surface area contributed by atoms with Crippen LogP contribution in [-0.4, -0.2) is 171 Å². The lowest BCUT2D eigenvalue weighted by Gasteiger charge is -2.54. The molecule has 450 valence electrons. The van der Waals surface area contributed by atoms with Crippen molar-refractivity contribution in [2.45, 2.75) is 49.4 Å². The first-order valence-electron chi connectivity index (χ1n) is 29.6. The molecule has 5 aromatic rings. The molecule has 0 N–H and O–H groups in total. The molecule has 0 spiro atoms. The molecule has 5 aromatic carbocycles. The quantitative estimate of drug-likeness (QED) is 0.111. The van der Waals surface area contributed by atoms with Gasteiger partial charge in [-0.3, -0.25) is 0 Å². The zero-order valence-corrected chi connectivity index (χ0v) is 48.7. The minimum Gasteiger partial charge on any atom is -0.487 e. The second-order valence-electron chi connectivity index (χ2n) is 22.5. The molecule has 6 aliphatic carbocycles. The fraction of sp³-hybridized carbons (Fsp3) is 0.485. The number of ether oxygens (including phenoxy) is 17. The maximum absolute atomic E-state index is 14.1. The van der Waals surface area contributed by atoms with Gasteiger partial charge in [0.2, 0.25) is 0 Å². The van der Waals surface area contributed by atoms with Crippen molar-refractivity contribution >= 4 is 11.9 Å². The van der Waals surface area contributed by atoms with E-state index in [1.54, 1.807) is 0 Å². The fourth-order valence-corrected chi connectivity index (χ4v) is 13.8. The molecule has 0 aromatic heterocycles. The van der Waals surface area contributed by atoms with Crippen molar-refractivity contribution < 1.29 is 90.1 Å². The van der Waals surface area contributed by atoms with Crippen LogP contribution in [0, 0.1) is 0 Å². The smallest absolute Gasteiger partial charge is 0.343 e. The van der Waals surface area contributed by atoms with Crippen LogP contribution in [0.1, 0.15) is 83.3 Å². The highest BCUT2D eigenvalue weighted by atomic mass is 16.6. The Hall–Kier alpha value is -6.94. The monoisotopic (exact) mass is 1170 g/mol. The molecule has 0 fully saturated rings. The zero-order valence-electron chi connectivity index (χ0n) is 48.7. The Morgan fingerprint density at radius 3 is 0.624 bits per heavy atom. The maximum Gasteiger partial charge on any atom is 0.343 e. The van der Waals surface area contributed by atoms with Gasteiger partial charge in [-0.25, -0.2) is 9.59 Å². The van der Waals surface area contributed by atoms with Gasteiger partial charge in [-0.2, -0.15) is 0 Å². The number of esters is 2. The lowest BCUT2D eigenvalue weighted by molar-refractivity contribution is -0.151.